The molecule has 0 radical (unpaired) electrons. The Hall–Kier alpha value is -0.720. The summed E-state index contributed by atoms with van der Waals surface area (Å²) in [5.74, 6) is -0.360. The highest BCUT2D eigenvalue weighted by Gasteiger charge is 2.19. The van der Waals surface area contributed by atoms with E-state index in [1.54, 1.807) is 6.07 Å². The third kappa shape index (κ3) is 3.13. The second kappa shape index (κ2) is 6.37. The number of hydrogen-bond acceptors (Lipinski definition) is 2. The number of aromatic nitrogens is 2. The molecule has 0 saturated heterocycles. The molecule has 1 aromatic heterocycles. The molecular formula is C14H15Br2FN2O. The first-order valence-corrected chi connectivity index (χ1v) is 7.87. The first-order valence-electron chi connectivity index (χ1n) is 6.28. The Kier molecular flexibility index (Phi) is 4.99. The minimum atomic E-state index is -0.794. The molecule has 1 atom stereocenters. The Morgan fingerprint density at radius 3 is 2.75 bits per heavy atom. The maximum atomic E-state index is 13.3. The Bertz CT molecular complexity index is 628. The highest BCUT2D eigenvalue weighted by molar-refractivity contribution is 9.10. The molecule has 0 aliphatic heterocycles. The number of aryl methyl sites for hydroxylation is 2. The number of hydrogen-bond donors (Lipinski definition) is 1. The summed E-state index contributed by atoms with van der Waals surface area (Å²) in [6.07, 6.45) is -0.421. The van der Waals surface area contributed by atoms with Crippen molar-refractivity contribution < 1.29 is 9.50 Å². The summed E-state index contributed by atoms with van der Waals surface area (Å²) in [7, 11) is 0. The highest BCUT2D eigenvalue weighted by atomic mass is 79.9. The van der Waals surface area contributed by atoms with E-state index in [0.717, 1.165) is 22.4 Å². The lowest BCUT2D eigenvalue weighted by molar-refractivity contribution is 0.174. The minimum absolute atomic E-state index is 0.360. The van der Waals surface area contributed by atoms with Gasteiger partial charge in [-0.05, 0) is 53.5 Å². The zero-order valence-electron chi connectivity index (χ0n) is 11.2. The Morgan fingerprint density at radius 1 is 1.40 bits per heavy atom. The van der Waals surface area contributed by atoms with Gasteiger partial charge in [0, 0.05) is 17.4 Å². The summed E-state index contributed by atoms with van der Waals surface area (Å²) in [6, 6.07) is 4.31. The van der Waals surface area contributed by atoms with Crippen molar-refractivity contribution in [3.05, 3.63) is 49.9 Å². The Labute approximate surface area is 134 Å². The highest BCUT2D eigenvalue weighted by Crippen LogP contribution is 2.30. The van der Waals surface area contributed by atoms with Crippen LogP contribution in [-0.2, 0) is 13.0 Å². The second-order valence-corrected chi connectivity index (χ2v) is 6.19. The topological polar surface area (TPSA) is 38.0 Å². The van der Waals surface area contributed by atoms with Gasteiger partial charge >= 0.3 is 0 Å². The van der Waals surface area contributed by atoms with Crippen LogP contribution in [0.1, 0.15) is 30.0 Å². The van der Waals surface area contributed by atoms with Gasteiger partial charge in [0.1, 0.15) is 5.82 Å². The third-order valence-corrected chi connectivity index (χ3v) is 4.91. The van der Waals surface area contributed by atoms with Crippen molar-refractivity contribution in [2.75, 3.05) is 0 Å². The van der Waals surface area contributed by atoms with Gasteiger partial charge < -0.3 is 5.11 Å². The van der Waals surface area contributed by atoms with Crippen LogP contribution < -0.4 is 0 Å². The zero-order valence-corrected chi connectivity index (χ0v) is 14.4. The van der Waals surface area contributed by atoms with E-state index in [0.29, 0.717) is 16.5 Å². The average molecular weight is 406 g/mol. The molecule has 0 aliphatic rings. The van der Waals surface area contributed by atoms with E-state index in [4.69, 9.17) is 0 Å². The number of aliphatic hydroxyl groups excluding tert-OH is 1. The molecule has 6 heteroatoms. The van der Waals surface area contributed by atoms with Gasteiger partial charge in [0.25, 0.3) is 0 Å². The van der Waals surface area contributed by atoms with E-state index in [2.05, 4.69) is 37.0 Å². The van der Waals surface area contributed by atoms with Crippen LogP contribution >= 0.6 is 31.9 Å². The molecule has 2 aromatic rings. The number of benzene rings is 1. The van der Waals surface area contributed by atoms with Crippen LogP contribution in [0.15, 0.2) is 27.1 Å². The number of aliphatic hydroxyl groups is 1. The molecule has 1 heterocycles. The molecule has 108 valence electrons. The molecule has 2 rings (SSSR count). The molecule has 3 nitrogen and oxygen atoms in total. The Morgan fingerprint density at radius 2 is 2.10 bits per heavy atom. The molecule has 1 unspecified atom stereocenters. The van der Waals surface area contributed by atoms with Gasteiger partial charge in [-0.2, -0.15) is 5.10 Å². The number of rotatable bonds is 4. The summed E-state index contributed by atoms with van der Waals surface area (Å²) in [5, 5.41) is 14.8. The first kappa shape index (κ1) is 15.7. The molecular weight excluding hydrogens is 391 g/mol. The smallest absolute Gasteiger partial charge is 0.123 e. The molecule has 1 N–H and O–H groups in total. The van der Waals surface area contributed by atoms with Crippen LogP contribution in [-0.4, -0.2) is 14.9 Å². The van der Waals surface area contributed by atoms with Gasteiger partial charge in [-0.3, -0.25) is 4.68 Å². The van der Waals surface area contributed by atoms with E-state index < -0.39 is 6.10 Å². The average Bonchev–Trinajstić information content (AvgIpc) is 2.69. The van der Waals surface area contributed by atoms with Gasteiger partial charge in [-0.25, -0.2) is 4.39 Å². The SMILES string of the molecule is CCn1nc(C)c(Br)c1CC(O)c1cc(F)ccc1Br. The summed E-state index contributed by atoms with van der Waals surface area (Å²) in [4.78, 5) is 0. The molecule has 0 aliphatic carbocycles. The minimum Gasteiger partial charge on any atom is -0.388 e. The third-order valence-electron chi connectivity index (χ3n) is 3.16. The van der Waals surface area contributed by atoms with Crippen molar-refractivity contribution >= 4 is 31.9 Å². The van der Waals surface area contributed by atoms with Gasteiger partial charge in [0.2, 0.25) is 0 Å². The van der Waals surface area contributed by atoms with Gasteiger partial charge in [-0.15, -0.1) is 0 Å². The molecule has 0 spiro atoms. The van der Waals surface area contributed by atoms with Crippen LogP contribution in [0.3, 0.4) is 0 Å². The standard InChI is InChI=1S/C14H15Br2FN2O/c1-3-19-12(14(16)8(2)18-19)7-13(20)10-6-9(17)4-5-11(10)15/h4-6,13,20H,3,7H2,1-2H3. The fraction of sp³-hybridized carbons (Fsp3) is 0.357. The van der Waals surface area contributed by atoms with Crippen molar-refractivity contribution in [3.63, 3.8) is 0 Å². The maximum absolute atomic E-state index is 13.3. The fourth-order valence-electron chi connectivity index (χ4n) is 2.13. The monoisotopic (exact) mass is 404 g/mol. The Balaban J connectivity index is 2.32. The lowest BCUT2D eigenvalue weighted by Crippen LogP contribution is -2.09. The first-order chi connectivity index (χ1) is 9.43. The van der Waals surface area contributed by atoms with E-state index in [-0.39, 0.29) is 5.82 Å². The molecule has 0 bridgehead atoms. The zero-order chi connectivity index (χ0) is 14.9. The van der Waals surface area contributed by atoms with Gasteiger partial charge in [-0.1, -0.05) is 15.9 Å². The summed E-state index contributed by atoms with van der Waals surface area (Å²) in [5.41, 5.74) is 2.33. The largest absolute Gasteiger partial charge is 0.388 e. The van der Waals surface area contributed by atoms with Crippen molar-refractivity contribution in [3.8, 4) is 0 Å². The van der Waals surface area contributed by atoms with Crippen LogP contribution in [0.5, 0.6) is 0 Å². The molecule has 20 heavy (non-hydrogen) atoms. The van der Waals surface area contributed by atoms with E-state index >= 15 is 0 Å². The molecule has 1 aromatic carbocycles. The van der Waals surface area contributed by atoms with Crippen molar-refractivity contribution in [2.24, 2.45) is 0 Å². The van der Waals surface area contributed by atoms with E-state index in [1.807, 2.05) is 18.5 Å². The van der Waals surface area contributed by atoms with Crippen molar-refractivity contribution in [1.29, 1.82) is 0 Å². The van der Waals surface area contributed by atoms with Crippen LogP contribution in [0.4, 0.5) is 4.39 Å². The molecule has 0 saturated carbocycles. The predicted molar refractivity (Wildman–Crippen MR) is 83.1 cm³/mol. The summed E-state index contributed by atoms with van der Waals surface area (Å²) < 4.78 is 16.7. The van der Waals surface area contributed by atoms with Crippen LogP contribution in [0.2, 0.25) is 0 Å². The van der Waals surface area contributed by atoms with Crippen molar-refractivity contribution in [1.82, 2.24) is 9.78 Å². The number of halogens is 3. The maximum Gasteiger partial charge on any atom is 0.123 e. The summed E-state index contributed by atoms with van der Waals surface area (Å²) >= 11 is 6.84. The second-order valence-electron chi connectivity index (χ2n) is 4.55. The van der Waals surface area contributed by atoms with Gasteiger partial charge in [0.15, 0.2) is 0 Å². The predicted octanol–water partition coefficient (Wildman–Crippen LogP) is 4.15. The van der Waals surface area contributed by atoms with Crippen molar-refractivity contribution in [2.45, 2.75) is 32.9 Å². The normalized spacial score (nSPS) is 12.7. The van der Waals surface area contributed by atoms with Crippen LogP contribution in [0, 0.1) is 12.7 Å². The fourth-order valence-corrected chi connectivity index (χ4v) is 3.08. The number of nitrogens with zero attached hydrogens (tertiary/aromatic N) is 2. The summed E-state index contributed by atoms with van der Waals surface area (Å²) in [6.45, 7) is 4.62. The quantitative estimate of drug-likeness (QED) is 0.829. The molecule has 0 amide bonds. The lowest BCUT2D eigenvalue weighted by atomic mass is 10.0. The van der Waals surface area contributed by atoms with Gasteiger partial charge in [0.05, 0.1) is 22.0 Å². The van der Waals surface area contributed by atoms with E-state index in [9.17, 15) is 9.50 Å². The van der Waals surface area contributed by atoms with E-state index in [1.165, 1.54) is 12.1 Å². The van der Waals surface area contributed by atoms with Crippen LogP contribution in [0.25, 0.3) is 0 Å². The lowest BCUT2D eigenvalue weighted by Gasteiger charge is -2.14. The molecule has 0 fully saturated rings.